The lowest BCUT2D eigenvalue weighted by Gasteiger charge is -2.41. The van der Waals surface area contributed by atoms with Gasteiger partial charge in [-0.3, -0.25) is 0 Å². The van der Waals surface area contributed by atoms with Crippen molar-refractivity contribution in [1.82, 2.24) is 4.90 Å². The molecule has 0 fully saturated rings. The van der Waals surface area contributed by atoms with Crippen LogP contribution in [0, 0.1) is 0 Å². The van der Waals surface area contributed by atoms with E-state index in [1.54, 1.807) is 7.11 Å². The summed E-state index contributed by atoms with van der Waals surface area (Å²) in [6.45, 7) is 7.94. The van der Waals surface area contributed by atoms with Gasteiger partial charge in [0.2, 0.25) is 0 Å². The fraction of sp³-hybridized carbons (Fsp3) is 0.400. The van der Waals surface area contributed by atoms with E-state index < -0.39 is 0 Å². The van der Waals surface area contributed by atoms with Crippen molar-refractivity contribution in [3.63, 3.8) is 0 Å². The van der Waals surface area contributed by atoms with Gasteiger partial charge in [0.25, 0.3) is 0 Å². The molecule has 0 bridgehead atoms. The first kappa shape index (κ1) is 22.8. The average Bonchev–Trinajstić information content (AvgIpc) is 2.80. The van der Waals surface area contributed by atoms with E-state index in [1.165, 1.54) is 33.5 Å². The molecule has 0 saturated carbocycles. The molecule has 34 heavy (non-hydrogen) atoms. The number of benzene rings is 3. The summed E-state index contributed by atoms with van der Waals surface area (Å²) in [6, 6.07) is 19.5. The monoisotopic (exact) mass is 456 g/mol. The molecule has 3 aromatic rings. The lowest BCUT2D eigenvalue weighted by atomic mass is 9.75. The van der Waals surface area contributed by atoms with Crippen LogP contribution < -0.4 is 14.8 Å². The second-order valence-corrected chi connectivity index (χ2v) is 10.7. The Hall–Kier alpha value is -2.98. The van der Waals surface area contributed by atoms with Crippen molar-refractivity contribution in [2.45, 2.75) is 51.2 Å². The molecule has 2 atom stereocenters. The summed E-state index contributed by atoms with van der Waals surface area (Å²) in [7, 11) is 5.98. The Balaban J connectivity index is 1.70. The van der Waals surface area contributed by atoms with Gasteiger partial charge in [0.05, 0.1) is 12.7 Å². The maximum atomic E-state index is 6.82. The van der Waals surface area contributed by atoms with E-state index >= 15 is 0 Å². The van der Waals surface area contributed by atoms with Crippen molar-refractivity contribution in [3.05, 3.63) is 76.9 Å². The van der Waals surface area contributed by atoms with Crippen molar-refractivity contribution in [1.29, 1.82) is 0 Å². The molecule has 0 amide bonds. The van der Waals surface area contributed by atoms with Gasteiger partial charge in [0.1, 0.15) is 17.6 Å². The SMILES string of the molecule is COc1cccc2c1-c1ccc3c(c1C(c1cccc(CCN(C)C)c1)O2)C(C)CC(C)(C)N3. The van der Waals surface area contributed by atoms with Gasteiger partial charge in [0.15, 0.2) is 0 Å². The van der Waals surface area contributed by atoms with Crippen molar-refractivity contribution in [2.75, 3.05) is 33.1 Å². The van der Waals surface area contributed by atoms with Crippen molar-refractivity contribution in [2.24, 2.45) is 0 Å². The molecule has 0 aliphatic carbocycles. The van der Waals surface area contributed by atoms with Crippen molar-refractivity contribution >= 4 is 5.69 Å². The summed E-state index contributed by atoms with van der Waals surface area (Å²) >= 11 is 0. The lowest BCUT2D eigenvalue weighted by Crippen LogP contribution is -2.37. The minimum Gasteiger partial charge on any atom is -0.496 e. The molecule has 1 N–H and O–H groups in total. The van der Waals surface area contributed by atoms with Gasteiger partial charge in [0, 0.05) is 23.3 Å². The summed E-state index contributed by atoms with van der Waals surface area (Å²) in [6.07, 6.45) is 1.93. The molecule has 0 spiro atoms. The van der Waals surface area contributed by atoms with E-state index in [1.807, 2.05) is 12.1 Å². The van der Waals surface area contributed by atoms with E-state index in [-0.39, 0.29) is 11.6 Å². The second kappa shape index (κ2) is 8.66. The number of fused-ring (bicyclic) bond motifs is 5. The van der Waals surface area contributed by atoms with Gasteiger partial charge in [-0.2, -0.15) is 0 Å². The molecule has 2 unspecified atom stereocenters. The zero-order valence-electron chi connectivity index (χ0n) is 21.2. The van der Waals surface area contributed by atoms with Crippen molar-refractivity contribution < 1.29 is 9.47 Å². The van der Waals surface area contributed by atoms with Gasteiger partial charge in [-0.1, -0.05) is 43.3 Å². The summed E-state index contributed by atoms with van der Waals surface area (Å²) in [5.41, 5.74) is 8.74. The first-order chi connectivity index (χ1) is 16.3. The zero-order valence-corrected chi connectivity index (χ0v) is 21.2. The number of methoxy groups -OCH3 is 1. The molecule has 3 aromatic carbocycles. The highest BCUT2D eigenvalue weighted by Gasteiger charge is 2.38. The fourth-order valence-electron chi connectivity index (χ4n) is 5.79. The molecule has 2 aliphatic heterocycles. The van der Waals surface area contributed by atoms with Gasteiger partial charge in [-0.05, 0) is 87.2 Å². The Labute approximate surface area is 203 Å². The van der Waals surface area contributed by atoms with Gasteiger partial charge in [-0.25, -0.2) is 0 Å². The third-order valence-electron chi connectivity index (χ3n) is 7.16. The van der Waals surface area contributed by atoms with Crippen LogP contribution in [0.3, 0.4) is 0 Å². The number of hydrogen-bond acceptors (Lipinski definition) is 4. The number of rotatable bonds is 5. The van der Waals surface area contributed by atoms with E-state index in [0.29, 0.717) is 5.92 Å². The molecule has 2 heterocycles. The smallest absolute Gasteiger partial charge is 0.150 e. The van der Waals surface area contributed by atoms with E-state index in [4.69, 9.17) is 9.47 Å². The van der Waals surface area contributed by atoms with Crippen LogP contribution in [0.25, 0.3) is 11.1 Å². The number of nitrogens with zero attached hydrogens (tertiary/aromatic N) is 1. The molecule has 5 rings (SSSR count). The molecule has 4 nitrogen and oxygen atoms in total. The van der Waals surface area contributed by atoms with Crippen LogP contribution in [-0.2, 0) is 6.42 Å². The molecule has 0 aromatic heterocycles. The quantitative estimate of drug-likeness (QED) is 0.466. The first-order valence-electron chi connectivity index (χ1n) is 12.3. The Morgan fingerprint density at radius 3 is 2.62 bits per heavy atom. The Kier molecular flexibility index (Phi) is 5.81. The summed E-state index contributed by atoms with van der Waals surface area (Å²) in [5, 5.41) is 3.79. The van der Waals surface area contributed by atoms with Crippen LogP contribution in [0.15, 0.2) is 54.6 Å². The summed E-state index contributed by atoms with van der Waals surface area (Å²) in [4.78, 5) is 2.23. The largest absolute Gasteiger partial charge is 0.496 e. The highest BCUT2D eigenvalue weighted by molar-refractivity contribution is 5.85. The Morgan fingerprint density at radius 2 is 1.85 bits per heavy atom. The van der Waals surface area contributed by atoms with Crippen LogP contribution in [0.2, 0.25) is 0 Å². The number of anilines is 1. The summed E-state index contributed by atoms with van der Waals surface area (Å²) < 4.78 is 12.6. The molecular weight excluding hydrogens is 420 g/mol. The van der Waals surface area contributed by atoms with Crippen LogP contribution >= 0.6 is 0 Å². The topological polar surface area (TPSA) is 33.7 Å². The number of hydrogen-bond donors (Lipinski definition) is 1. The summed E-state index contributed by atoms with van der Waals surface area (Å²) in [5.74, 6) is 2.15. The number of likely N-dealkylation sites (N-methyl/N-ethyl adjacent to an activating group) is 1. The van der Waals surface area contributed by atoms with Crippen LogP contribution in [0.5, 0.6) is 11.5 Å². The molecule has 178 valence electrons. The standard InChI is InChI=1S/C30H36N2O2/c1-19-18-30(2,3)31-23-14-13-22-27-24(33-6)11-8-12-25(27)34-29(28(22)26(19)23)21-10-7-9-20(17-21)15-16-32(4)5/h7-14,17,19,29,31H,15-16,18H2,1-6H3. The van der Waals surface area contributed by atoms with Gasteiger partial charge < -0.3 is 19.7 Å². The first-order valence-corrected chi connectivity index (χ1v) is 12.3. The van der Waals surface area contributed by atoms with E-state index in [2.05, 4.69) is 87.5 Å². The molecular formula is C30H36N2O2. The lowest BCUT2D eigenvalue weighted by molar-refractivity contribution is 0.239. The predicted molar refractivity (Wildman–Crippen MR) is 140 cm³/mol. The van der Waals surface area contributed by atoms with Crippen LogP contribution in [0.4, 0.5) is 5.69 Å². The van der Waals surface area contributed by atoms with E-state index in [9.17, 15) is 0 Å². The maximum Gasteiger partial charge on any atom is 0.150 e. The molecule has 0 saturated heterocycles. The van der Waals surface area contributed by atoms with Crippen LogP contribution in [0.1, 0.15) is 61.5 Å². The number of nitrogens with one attached hydrogen (secondary N) is 1. The Bertz CT molecular complexity index is 1210. The third-order valence-corrected chi connectivity index (χ3v) is 7.16. The highest BCUT2D eigenvalue weighted by atomic mass is 16.5. The minimum absolute atomic E-state index is 0.0629. The predicted octanol–water partition coefficient (Wildman–Crippen LogP) is 6.65. The second-order valence-electron chi connectivity index (χ2n) is 10.7. The average molecular weight is 457 g/mol. The molecule has 4 heteroatoms. The molecule has 2 aliphatic rings. The van der Waals surface area contributed by atoms with Gasteiger partial charge >= 0.3 is 0 Å². The van der Waals surface area contributed by atoms with Gasteiger partial charge in [-0.15, -0.1) is 0 Å². The fourth-order valence-corrected chi connectivity index (χ4v) is 5.79. The zero-order chi connectivity index (χ0) is 24.0. The Morgan fingerprint density at radius 1 is 1.06 bits per heavy atom. The van der Waals surface area contributed by atoms with Crippen molar-refractivity contribution in [3.8, 4) is 22.6 Å². The molecule has 0 radical (unpaired) electrons. The number of ether oxygens (including phenoxy) is 2. The maximum absolute atomic E-state index is 6.82. The normalized spacial score (nSPS) is 20.0. The van der Waals surface area contributed by atoms with E-state index in [0.717, 1.165) is 36.4 Å². The highest BCUT2D eigenvalue weighted by Crippen LogP contribution is 2.54. The minimum atomic E-state index is -0.158. The van der Waals surface area contributed by atoms with Crippen LogP contribution in [-0.4, -0.2) is 38.2 Å². The third kappa shape index (κ3) is 4.05.